The monoisotopic (exact) mass is 338 g/mol. The van der Waals surface area contributed by atoms with Gasteiger partial charge in [0, 0.05) is 31.5 Å². The molecule has 0 spiro atoms. The fourth-order valence-electron chi connectivity index (χ4n) is 4.16. The maximum Gasteiger partial charge on any atom is 0.256 e. The van der Waals surface area contributed by atoms with E-state index in [2.05, 4.69) is 10.00 Å². The van der Waals surface area contributed by atoms with Crippen molar-refractivity contribution in [3.63, 3.8) is 0 Å². The summed E-state index contributed by atoms with van der Waals surface area (Å²) in [6, 6.07) is 10.2. The van der Waals surface area contributed by atoms with E-state index < -0.39 is 0 Å². The zero-order valence-electron chi connectivity index (χ0n) is 14.7. The molecule has 5 nitrogen and oxygen atoms in total. The number of rotatable bonds is 3. The zero-order valence-corrected chi connectivity index (χ0v) is 14.7. The quantitative estimate of drug-likeness (QED) is 0.864. The first-order valence-electron chi connectivity index (χ1n) is 9.45. The molecule has 1 amide bonds. The summed E-state index contributed by atoms with van der Waals surface area (Å²) in [6.45, 7) is 4.09. The van der Waals surface area contributed by atoms with Crippen LogP contribution in [0.15, 0.2) is 42.7 Å². The van der Waals surface area contributed by atoms with Crippen molar-refractivity contribution < 1.29 is 4.79 Å². The van der Waals surface area contributed by atoms with Crippen LogP contribution in [0, 0.1) is 0 Å². The highest BCUT2D eigenvalue weighted by molar-refractivity contribution is 5.97. The number of hydrogen-bond donors (Lipinski definition) is 0. The Hall–Kier alpha value is -2.14. The van der Waals surface area contributed by atoms with Crippen molar-refractivity contribution in [1.82, 2.24) is 19.6 Å². The summed E-state index contributed by atoms with van der Waals surface area (Å²) in [6.07, 6.45) is 9.89. The van der Waals surface area contributed by atoms with Crippen molar-refractivity contribution >= 4 is 5.91 Å². The summed E-state index contributed by atoms with van der Waals surface area (Å²) in [4.78, 5) is 17.9. The molecule has 0 saturated carbocycles. The second-order valence-corrected chi connectivity index (χ2v) is 7.11. The fraction of sp³-hybridized carbons (Fsp3) is 0.500. The Kier molecular flexibility index (Phi) is 4.83. The molecular formula is C20H26N4O. The van der Waals surface area contributed by atoms with Gasteiger partial charge >= 0.3 is 0 Å². The molecule has 132 valence electrons. The van der Waals surface area contributed by atoms with E-state index in [9.17, 15) is 4.79 Å². The van der Waals surface area contributed by atoms with Crippen molar-refractivity contribution in [3.05, 3.63) is 48.3 Å². The van der Waals surface area contributed by atoms with Crippen LogP contribution in [0.1, 0.15) is 42.5 Å². The van der Waals surface area contributed by atoms with Gasteiger partial charge in [0.2, 0.25) is 0 Å². The van der Waals surface area contributed by atoms with Crippen LogP contribution < -0.4 is 0 Å². The summed E-state index contributed by atoms with van der Waals surface area (Å²) in [7, 11) is 0. The molecule has 2 fully saturated rings. The van der Waals surface area contributed by atoms with Crippen molar-refractivity contribution in [2.24, 2.45) is 0 Å². The lowest BCUT2D eigenvalue weighted by molar-refractivity contribution is 0.0537. The van der Waals surface area contributed by atoms with Gasteiger partial charge in [-0.05, 0) is 57.0 Å². The predicted molar refractivity (Wildman–Crippen MR) is 97.9 cm³/mol. The number of nitrogens with zero attached hydrogens (tertiary/aromatic N) is 4. The Labute approximate surface area is 149 Å². The average molecular weight is 338 g/mol. The van der Waals surface area contributed by atoms with Crippen LogP contribution in [-0.4, -0.2) is 57.7 Å². The lowest BCUT2D eigenvalue weighted by Gasteiger charge is -2.41. The number of para-hydroxylation sites is 1. The van der Waals surface area contributed by atoms with Crippen LogP contribution in [0.2, 0.25) is 0 Å². The number of piperidine rings is 2. The topological polar surface area (TPSA) is 41.4 Å². The largest absolute Gasteiger partial charge is 0.337 e. The minimum absolute atomic E-state index is 0.132. The van der Waals surface area contributed by atoms with E-state index in [1.165, 1.54) is 38.8 Å². The van der Waals surface area contributed by atoms with Crippen LogP contribution in [0.25, 0.3) is 5.69 Å². The molecule has 1 unspecified atom stereocenters. The molecule has 3 heterocycles. The smallest absolute Gasteiger partial charge is 0.256 e. The van der Waals surface area contributed by atoms with Gasteiger partial charge in [0.05, 0.1) is 11.3 Å². The van der Waals surface area contributed by atoms with Crippen molar-refractivity contribution in [2.75, 3.05) is 26.2 Å². The van der Waals surface area contributed by atoms with Gasteiger partial charge in [-0.15, -0.1) is 0 Å². The van der Waals surface area contributed by atoms with Crippen LogP contribution in [0.4, 0.5) is 0 Å². The fourth-order valence-corrected chi connectivity index (χ4v) is 4.16. The molecule has 1 atom stereocenters. The van der Waals surface area contributed by atoms with Gasteiger partial charge in [-0.25, -0.2) is 4.68 Å². The number of carbonyl (C=O) groups excluding carboxylic acids is 1. The van der Waals surface area contributed by atoms with E-state index in [0.717, 1.165) is 30.8 Å². The van der Waals surface area contributed by atoms with E-state index in [0.29, 0.717) is 6.04 Å². The van der Waals surface area contributed by atoms with E-state index in [-0.39, 0.29) is 5.91 Å². The molecule has 0 bridgehead atoms. The first-order valence-corrected chi connectivity index (χ1v) is 9.45. The molecule has 2 aliphatic rings. The summed E-state index contributed by atoms with van der Waals surface area (Å²) in [5.74, 6) is 0.132. The van der Waals surface area contributed by atoms with Gasteiger partial charge in [-0.1, -0.05) is 18.6 Å². The Bertz CT molecular complexity index is 706. The second-order valence-electron chi connectivity index (χ2n) is 7.11. The lowest BCUT2D eigenvalue weighted by atomic mass is 10.00. The van der Waals surface area contributed by atoms with E-state index in [4.69, 9.17) is 0 Å². The molecule has 4 rings (SSSR count). The van der Waals surface area contributed by atoms with Gasteiger partial charge in [0.1, 0.15) is 0 Å². The van der Waals surface area contributed by atoms with Crippen molar-refractivity contribution in [1.29, 1.82) is 0 Å². The average Bonchev–Trinajstić information content (AvgIpc) is 3.23. The standard InChI is InChI=1S/C20H26N4O/c25-20(18-9-2-3-10-19(18)24-15-7-11-21-24)23-14-6-8-17(16-23)22-12-4-1-5-13-22/h2-3,7,9-11,15,17H,1,4-6,8,12-14,16H2. The molecule has 2 saturated heterocycles. The van der Waals surface area contributed by atoms with Gasteiger partial charge in [0.25, 0.3) is 5.91 Å². The molecular weight excluding hydrogens is 312 g/mol. The number of hydrogen-bond acceptors (Lipinski definition) is 3. The number of amides is 1. The Morgan fingerprint density at radius 1 is 1.00 bits per heavy atom. The van der Waals surface area contributed by atoms with Crippen molar-refractivity contribution in [2.45, 2.75) is 38.1 Å². The summed E-state index contributed by atoms with van der Waals surface area (Å²) >= 11 is 0. The van der Waals surface area contributed by atoms with E-state index in [1.54, 1.807) is 10.9 Å². The minimum atomic E-state index is 0.132. The third-order valence-corrected chi connectivity index (χ3v) is 5.48. The third-order valence-electron chi connectivity index (χ3n) is 5.48. The first kappa shape index (κ1) is 16.3. The van der Waals surface area contributed by atoms with Crippen LogP contribution in [-0.2, 0) is 0 Å². The Balaban J connectivity index is 1.53. The molecule has 1 aromatic heterocycles. The zero-order chi connectivity index (χ0) is 17.1. The molecule has 5 heteroatoms. The molecule has 0 radical (unpaired) electrons. The van der Waals surface area contributed by atoms with Crippen LogP contribution in [0.5, 0.6) is 0 Å². The summed E-state index contributed by atoms with van der Waals surface area (Å²) in [5, 5.41) is 4.30. The minimum Gasteiger partial charge on any atom is -0.337 e. The van der Waals surface area contributed by atoms with E-state index >= 15 is 0 Å². The van der Waals surface area contributed by atoms with Gasteiger partial charge in [0.15, 0.2) is 0 Å². The summed E-state index contributed by atoms with van der Waals surface area (Å²) in [5.41, 5.74) is 1.60. The van der Waals surface area contributed by atoms with Gasteiger partial charge < -0.3 is 4.90 Å². The molecule has 0 N–H and O–H groups in total. The highest BCUT2D eigenvalue weighted by Crippen LogP contribution is 2.23. The Morgan fingerprint density at radius 2 is 1.84 bits per heavy atom. The second kappa shape index (κ2) is 7.40. The van der Waals surface area contributed by atoms with Gasteiger partial charge in [-0.3, -0.25) is 9.69 Å². The predicted octanol–water partition coefficient (Wildman–Crippen LogP) is 2.96. The lowest BCUT2D eigenvalue weighted by Crippen LogP contribution is -2.51. The van der Waals surface area contributed by atoms with Crippen LogP contribution >= 0.6 is 0 Å². The van der Waals surface area contributed by atoms with E-state index in [1.807, 2.05) is 41.4 Å². The highest BCUT2D eigenvalue weighted by Gasteiger charge is 2.29. The maximum atomic E-state index is 13.2. The third kappa shape index (κ3) is 3.47. The first-order chi connectivity index (χ1) is 12.3. The van der Waals surface area contributed by atoms with Crippen LogP contribution in [0.3, 0.4) is 0 Å². The maximum absolute atomic E-state index is 13.2. The normalized spacial score (nSPS) is 22.1. The molecule has 1 aromatic carbocycles. The highest BCUT2D eigenvalue weighted by atomic mass is 16.2. The molecule has 2 aliphatic heterocycles. The SMILES string of the molecule is O=C(c1ccccc1-n1cccn1)N1CCCC(N2CCCCC2)C1. The molecule has 0 aliphatic carbocycles. The summed E-state index contributed by atoms with van der Waals surface area (Å²) < 4.78 is 1.78. The van der Waals surface area contributed by atoms with Crippen molar-refractivity contribution in [3.8, 4) is 5.69 Å². The number of aromatic nitrogens is 2. The number of benzene rings is 1. The number of likely N-dealkylation sites (tertiary alicyclic amines) is 2. The molecule has 25 heavy (non-hydrogen) atoms. The number of carbonyl (C=O) groups is 1. The molecule has 2 aromatic rings. The van der Waals surface area contributed by atoms with Gasteiger partial charge in [-0.2, -0.15) is 5.10 Å². The Morgan fingerprint density at radius 3 is 2.64 bits per heavy atom.